The molecule has 0 unspecified atom stereocenters. The van der Waals surface area contributed by atoms with E-state index >= 15 is 0 Å². The van der Waals surface area contributed by atoms with E-state index in [1.165, 1.54) is 5.56 Å². The minimum atomic E-state index is 0.151. The van der Waals surface area contributed by atoms with Gasteiger partial charge in [-0.25, -0.2) is 0 Å². The largest absolute Gasteiger partial charge is 0.294 e. The molecule has 2 aromatic rings. The summed E-state index contributed by atoms with van der Waals surface area (Å²) in [5, 5.41) is 0. The molecule has 0 aliphatic heterocycles. The van der Waals surface area contributed by atoms with Gasteiger partial charge in [-0.15, -0.1) is 0 Å². The minimum absolute atomic E-state index is 0.151. The van der Waals surface area contributed by atoms with Crippen LogP contribution >= 0.6 is 0 Å². The van der Waals surface area contributed by atoms with Gasteiger partial charge < -0.3 is 0 Å². The number of carbonyl (C=O) groups is 1. The highest BCUT2D eigenvalue weighted by atomic mass is 16.1. The molecular weight excluding hydrogens is 256 g/mol. The zero-order valence-electron chi connectivity index (χ0n) is 13.0. The maximum Gasteiger partial charge on any atom is 0.166 e. The van der Waals surface area contributed by atoms with E-state index in [-0.39, 0.29) is 11.2 Å². The van der Waals surface area contributed by atoms with Crippen molar-refractivity contribution in [2.75, 3.05) is 0 Å². The first-order valence-electron chi connectivity index (χ1n) is 7.32. The second-order valence-corrected chi connectivity index (χ2v) is 6.27. The molecule has 21 heavy (non-hydrogen) atoms. The molecule has 108 valence electrons. The molecule has 0 N–H and O–H groups in total. The summed E-state index contributed by atoms with van der Waals surface area (Å²) >= 11 is 0. The van der Waals surface area contributed by atoms with E-state index in [0.29, 0.717) is 6.42 Å². The third kappa shape index (κ3) is 4.42. The smallest absolute Gasteiger partial charge is 0.166 e. The van der Waals surface area contributed by atoms with E-state index in [9.17, 15) is 4.79 Å². The lowest BCUT2D eigenvalue weighted by molar-refractivity contribution is 0.0996. The molecule has 2 rings (SSSR count). The summed E-state index contributed by atoms with van der Waals surface area (Å²) in [6.45, 7) is 6.61. The van der Waals surface area contributed by atoms with Crippen LogP contribution in [0.25, 0.3) is 6.08 Å². The summed E-state index contributed by atoms with van der Waals surface area (Å²) in [4.78, 5) is 12.0. The number of rotatable bonds is 4. The van der Waals surface area contributed by atoms with Crippen molar-refractivity contribution >= 4 is 11.9 Å². The molecule has 0 atom stereocenters. The van der Waals surface area contributed by atoms with Crippen molar-refractivity contribution in [3.8, 4) is 0 Å². The molecule has 1 heteroatoms. The SMILES string of the molecule is CC(C)(C)c1ccc(/C=C/CC(=O)c2ccccc2)cc1. The van der Waals surface area contributed by atoms with Gasteiger partial charge in [-0.05, 0) is 16.5 Å². The van der Waals surface area contributed by atoms with Crippen molar-refractivity contribution < 1.29 is 4.79 Å². The molecule has 0 bridgehead atoms. The average Bonchev–Trinajstić information content (AvgIpc) is 2.47. The van der Waals surface area contributed by atoms with Crippen molar-refractivity contribution in [3.05, 3.63) is 77.4 Å². The van der Waals surface area contributed by atoms with Gasteiger partial charge in [0.05, 0.1) is 0 Å². The Kier molecular flexibility index (Phi) is 4.74. The van der Waals surface area contributed by atoms with Crippen molar-refractivity contribution in [2.24, 2.45) is 0 Å². The molecule has 0 spiro atoms. The van der Waals surface area contributed by atoms with Gasteiger partial charge in [0.2, 0.25) is 0 Å². The lowest BCUT2D eigenvalue weighted by Gasteiger charge is -2.18. The highest BCUT2D eigenvalue weighted by molar-refractivity contribution is 5.97. The highest BCUT2D eigenvalue weighted by Crippen LogP contribution is 2.22. The van der Waals surface area contributed by atoms with Gasteiger partial charge in [0.25, 0.3) is 0 Å². The van der Waals surface area contributed by atoms with Crippen molar-refractivity contribution in [3.63, 3.8) is 0 Å². The molecular formula is C20H22O. The molecule has 0 aliphatic rings. The molecule has 0 heterocycles. The fraction of sp³-hybridized carbons (Fsp3) is 0.250. The number of allylic oxidation sites excluding steroid dienone is 1. The van der Waals surface area contributed by atoms with Crippen LogP contribution in [0.3, 0.4) is 0 Å². The number of hydrogen-bond donors (Lipinski definition) is 0. The van der Waals surface area contributed by atoms with Crippen LogP contribution in [-0.2, 0) is 5.41 Å². The van der Waals surface area contributed by atoms with E-state index in [2.05, 4.69) is 45.0 Å². The second kappa shape index (κ2) is 6.53. The van der Waals surface area contributed by atoms with Crippen LogP contribution in [0.4, 0.5) is 0 Å². The lowest BCUT2D eigenvalue weighted by Crippen LogP contribution is -2.10. The van der Waals surface area contributed by atoms with Crippen molar-refractivity contribution in [1.29, 1.82) is 0 Å². The number of benzene rings is 2. The average molecular weight is 278 g/mol. The third-order valence-electron chi connectivity index (χ3n) is 3.49. The fourth-order valence-corrected chi connectivity index (χ4v) is 2.14. The van der Waals surface area contributed by atoms with Crippen LogP contribution in [0.5, 0.6) is 0 Å². The Labute approximate surface area is 127 Å². The summed E-state index contributed by atoms with van der Waals surface area (Å²) in [5.74, 6) is 0.151. The highest BCUT2D eigenvalue weighted by Gasteiger charge is 2.12. The van der Waals surface area contributed by atoms with E-state index in [1.807, 2.05) is 42.5 Å². The lowest BCUT2D eigenvalue weighted by atomic mass is 9.87. The topological polar surface area (TPSA) is 17.1 Å². The zero-order chi connectivity index (χ0) is 15.3. The molecule has 0 aromatic heterocycles. The molecule has 0 saturated heterocycles. The first kappa shape index (κ1) is 15.2. The van der Waals surface area contributed by atoms with Gasteiger partial charge in [-0.3, -0.25) is 4.79 Å². The summed E-state index contributed by atoms with van der Waals surface area (Å²) in [5.41, 5.74) is 3.39. The summed E-state index contributed by atoms with van der Waals surface area (Å²) in [7, 11) is 0. The summed E-state index contributed by atoms with van der Waals surface area (Å²) in [6.07, 6.45) is 4.37. The van der Waals surface area contributed by atoms with Crippen molar-refractivity contribution in [2.45, 2.75) is 32.6 Å². The van der Waals surface area contributed by atoms with E-state index in [0.717, 1.165) is 11.1 Å². The van der Waals surface area contributed by atoms with Crippen LogP contribution in [0, 0.1) is 0 Å². The Bertz CT molecular complexity index is 613. The molecule has 0 saturated carbocycles. The van der Waals surface area contributed by atoms with Crippen LogP contribution in [-0.4, -0.2) is 5.78 Å². The zero-order valence-corrected chi connectivity index (χ0v) is 13.0. The first-order chi connectivity index (χ1) is 9.97. The number of hydrogen-bond acceptors (Lipinski definition) is 1. The van der Waals surface area contributed by atoms with Crippen LogP contribution in [0.15, 0.2) is 60.7 Å². The van der Waals surface area contributed by atoms with Gasteiger partial charge >= 0.3 is 0 Å². The Morgan fingerprint density at radius 1 is 0.952 bits per heavy atom. The number of carbonyl (C=O) groups excluding carboxylic acids is 1. The third-order valence-corrected chi connectivity index (χ3v) is 3.49. The van der Waals surface area contributed by atoms with Gasteiger partial charge in [-0.1, -0.05) is 87.5 Å². The second-order valence-electron chi connectivity index (χ2n) is 6.27. The van der Waals surface area contributed by atoms with Gasteiger partial charge in [-0.2, -0.15) is 0 Å². The Balaban J connectivity index is 1.97. The van der Waals surface area contributed by atoms with E-state index in [4.69, 9.17) is 0 Å². The minimum Gasteiger partial charge on any atom is -0.294 e. The quantitative estimate of drug-likeness (QED) is 0.696. The standard InChI is InChI=1S/C20H22O/c1-20(2,3)18-14-12-16(13-15-18)8-7-11-19(21)17-9-5-4-6-10-17/h4-10,12-15H,11H2,1-3H3/b8-7+. The summed E-state index contributed by atoms with van der Waals surface area (Å²) < 4.78 is 0. The van der Waals surface area contributed by atoms with E-state index < -0.39 is 0 Å². The molecule has 1 nitrogen and oxygen atoms in total. The first-order valence-corrected chi connectivity index (χ1v) is 7.32. The number of ketones is 1. The van der Waals surface area contributed by atoms with E-state index in [1.54, 1.807) is 0 Å². The summed E-state index contributed by atoms with van der Waals surface area (Å²) in [6, 6.07) is 17.9. The maximum atomic E-state index is 12.0. The van der Waals surface area contributed by atoms with Gasteiger partial charge in [0.1, 0.15) is 0 Å². The Hall–Kier alpha value is -2.15. The molecule has 0 radical (unpaired) electrons. The fourth-order valence-electron chi connectivity index (χ4n) is 2.14. The Morgan fingerprint density at radius 3 is 2.14 bits per heavy atom. The maximum absolute atomic E-state index is 12.0. The normalized spacial score (nSPS) is 11.8. The van der Waals surface area contributed by atoms with Crippen molar-refractivity contribution in [1.82, 2.24) is 0 Å². The Morgan fingerprint density at radius 2 is 1.57 bits per heavy atom. The van der Waals surface area contributed by atoms with Gasteiger partial charge in [0.15, 0.2) is 5.78 Å². The van der Waals surface area contributed by atoms with Crippen LogP contribution in [0.2, 0.25) is 0 Å². The molecule has 0 fully saturated rings. The van der Waals surface area contributed by atoms with Crippen LogP contribution in [0.1, 0.15) is 48.7 Å². The molecule has 2 aromatic carbocycles. The monoisotopic (exact) mass is 278 g/mol. The molecule has 0 aliphatic carbocycles. The predicted octanol–water partition coefficient (Wildman–Crippen LogP) is 5.27. The van der Waals surface area contributed by atoms with Gasteiger partial charge in [0, 0.05) is 12.0 Å². The molecule has 0 amide bonds. The predicted molar refractivity (Wildman–Crippen MR) is 89.6 cm³/mol. The van der Waals surface area contributed by atoms with Crippen LogP contribution < -0.4 is 0 Å². The number of Topliss-reactive ketones (excluding diaryl/α,β-unsaturated/α-hetero) is 1.